The molecule has 0 unspecified atom stereocenters. The van der Waals surface area contributed by atoms with Gasteiger partial charge in [0.1, 0.15) is 6.33 Å². The Kier molecular flexibility index (Phi) is 4.58. The maximum Gasteiger partial charge on any atom is 0.173 e. The van der Waals surface area contributed by atoms with E-state index in [2.05, 4.69) is 9.36 Å². The minimum atomic E-state index is 0.123. The lowest BCUT2D eigenvalue weighted by Crippen LogP contribution is -2.01. The topological polar surface area (TPSA) is 42.9 Å². The fourth-order valence-corrected chi connectivity index (χ4v) is 2.96. The second kappa shape index (κ2) is 6.18. The molecule has 0 aliphatic heterocycles. The van der Waals surface area contributed by atoms with Crippen molar-refractivity contribution in [3.63, 3.8) is 0 Å². The largest absolute Gasteiger partial charge is 0.293 e. The molecular weight excluding hydrogens is 272 g/mol. The number of aromatic nitrogens is 2. The molecule has 1 aromatic carbocycles. The fraction of sp³-hybridized carbons (Fsp3) is 0.182. The summed E-state index contributed by atoms with van der Waals surface area (Å²) in [6.07, 6.45) is 3.52. The van der Waals surface area contributed by atoms with Gasteiger partial charge in [-0.25, -0.2) is 4.98 Å². The molecule has 0 bridgehead atoms. The number of carbonyl (C=O) groups excluding carboxylic acids is 1. The van der Waals surface area contributed by atoms with Gasteiger partial charge in [0.15, 0.2) is 10.1 Å². The summed E-state index contributed by atoms with van der Waals surface area (Å²) >= 11 is 4.41. The predicted molar refractivity (Wildman–Crippen MR) is 73.2 cm³/mol. The molecule has 0 radical (unpaired) electrons. The number of hydrogen-bond donors (Lipinski definition) is 0. The molecule has 0 saturated heterocycles. The van der Waals surface area contributed by atoms with E-state index in [-0.39, 0.29) is 5.78 Å². The van der Waals surface area contributed by atoms with E-state index >= 15 is 0 Å². The van der Waals surface area contributed by atoms with Crippen LogP contribution in [0.3, 0.4) is 0 Å². The van der Waals surface area contributed by atoms with Gasteiger partial charge in [0.2, 0.25) is 0 Å². The second-order valence-electron chi connectivity index (χ2n) is 3.15. The fourth-order valence-electron chi connectivity index (χ4n) is 1.21. The van der Waals surface area contributed by atoms with Crippen molar-refractivity contribution in [3.05, 3.63) is 36.2 Å². The summed E-state index contributed by atoms with van der Waals surface area (Å²) in [6, 6.07) is 7.67. The van der Waals surface area contributed by atoms with Crippen LogP contribution in [0.15, 0.2) is 39.8 Å². The van der Waals surface area contributed by atoms with Crippen LogP contribution >= 0.6 is 35.1 Å². The monoisotopic (exact) mass is 282 g/mol. The predicted octanol–water partition coefficient (Wildman–Crippen LogP) is 3.24. The van der Waals surface area contributed by atoms with Crippen LogP contribution in [0.1, 0.15) is 10.4 Å². The zero-order valence-electron chi connectivity index (χ0n) is 9.12. The van der Waals surface area contributed by atoms with Crippen LogP contribution in [0.5, 0.6) is 0 Å². The lowest BCUT2D eigenvalue weighted by Gasteiger charge is -2.00. The van der Waals surface area contributed by atoms with Gasteiger partial charge in [-0.15, -0.1) is 11.8 Å². The van der Waals surface area contributed by atoms with Crippen molar-refractivity contribution in [2.75, 3.05) is 12.0 Å². The van der Waals surface area contributed by atoms with Crippen molar-refractivity contribution in [2.45, 2.75) is 9.24 Å². The molecule has 0 saturated carbocycles. The standard InChI is InChI=1S/C11H10N2OS3/c1-15-9-4-2-8(3-5-9)10(14)6-16-11-12-7-13-17-11/h2-5,7H,6H2,1H3. The highest BCUT2D eigenvalue weighted by Gasteiger charge is 2.07. The van der Waals surface area contributed by atoms with Crippen LogP contribution in [-0.4, -0.2) is 27.1 Å². The summed E-state index contributed by atoms with van der Waals surface area (Å²) < 4.78 is 4.72. The summed E-state index contributed by atoms with van der Waals surface area (Å²) in [6.45, 7) is 0. The van der Waals surface area contributed by atoms with E-state index in [1.807, 2.05) is 30.5 Å². The SMILES string of the molecule is CSc1ccc(C(=O)CSc2ncns2)cc1. The van der Waals surface area contributed by atoms with E-state index in [0.29, 0.717) is 5.75 Å². The van der Waals surface area contributed by atoms with Gasteiger partial charge >= 0.3 is 0 Å². The van der Waals surface area contributed by atoms with Crippen LogP contribution in [-0.2, 0) is 0 Å². The summed E-state index contributed by atoms with van der Waals surface area (Å²) in [5.74, 6) is 0.534. The number of hydrogen-bond acceptors (Lipinski definition) is 6. The quantitative estimate of drug-likeness (QED) is 0.622. The average molecular weight is 282 g/mol. The van der Waals surface area contributed by atoms with Gasteiger partial charge in [0.25, 0.3) is 0 Å². The third-order valence-corrected chi connectivity index (χ3v) is 4.62. The Hall–Kier alpha value is -0.850. The molecule has 2 rings (SSSR count). The first-order valence-corrected chi connectivity index (χ1v) is 7.84. The molecule has 17 heavy (non-hydrogen) atoms. The highest BCUT2D eigenvalue weighted by Crippen LogP contribution is 2.20. The summed E-state index contributed by atoms with van der Waals surface area (Å²) in [7, 11) is 0. The molecule has 0 aliphatic rings. The molecule has 0 amide bonds. The van der Waals surface area contributed by atoms with E-state index in [4.69, 9.17) is 0 Å². The third kappa shape index (κ3) is 3.55. The molecule has 3 nitrogen and oxygen atoms in total. The van der Waals surface area contributed by atoms with E-state index < -0.39 is 0 Å². The van der Waals surface area contributed by atoms with Crippen molar-refractivity contribution < 1.29 is 4.79 Å². The van der Waals surface area contributed by atoms with Crippen molar-refractivity contribution in [3.8, 4) is 0 Å². The Morgan fingerprint density at radius 1 is 1.35 bits per heavy atom. The van der Waals surface area contributed by atoms with Crippen LogP contribution in [0, 0.1) is 0 Å². The van der Waals surface area contributed by atoms with Crippen LogP contribution < -0.4 is 0 Å². The van der Waals surface area contributed by atoms with E-state index in [0.717, 1.165) is 9.90 Å². The number of Topliss-reactive ketones (excluding diaryl/α,β-unsaturated/α-hetero) is 1. The smallest absolute Gasteiger partial charge is 0.173 e. The molecule has 0 atom stereocenters. The van der Waals surface area contributed by atoms with Crippen LogP contribution in [0.4, 0.5) is 0 Å². The number of thioether (sulfide) groups is 2. The van der Waals surface area contributed by atoms with Gasteiger partial charge in [0, 0.05) is 10.5 Å². The van der Waals surface area contributed by atoms with Gasteiger partial charge in [-0.2, -0.15) is 4.37 Å². The maximum atomic E-state index is 11.9. The van der Waals surface area contributed by atoms with Crippen molar-refractivity contribution >= 4 is 40.8 Å². The minimum Gasteiger partial charge on any atom is -0.293 e. The second-order valence-corrected chi connectivity index (χ2v) is 6.03. The van der Waals surface area contributed by atoms with Crippen LogP contribution in [0.2, 0.25) is 0 Å². The zero-order chi connectivity index (χ0) is 12.1. The zero-order valence-corrected chi connectivity index (χ0v) is 11.6. The van der Waals surface area contributed by atoms with Crippen molar-refractivity contribution in [2.24, 2.45) is 0 Å². The Morgan fingerprint density at radius 2 is 2.12 bits per heavy atom. The molecule has 1 heterocycles. The minimum absolute atomic E-state index is 0.123. The Bertz CT molecular complexity index is 482. The number of rotatable bonds is 5. The molecule has 0 fully saturated rings. The third-order valence-electron chi connectivity index (χ3n) is 2.08. The number of benzene rings is 1. The first-order valence-electron chi connectivity index (χ1n) is 4.86. The van der Waals surface area contributed by atoms with Gasteiger partial charge in [-0.1, -0.05) is 23.9 Å². The lowest BCUT2D eigenvalue weighted by molar-refractivity contribution is 0.102. The van der Waals surface area contributed by atoms with E-state index in [1.165, 1.54) is 34.5 Å². The lowest BCUT2D eigenvalue weighted by atomic mass is 10.1. The maximum absolute atomic E-state index is 11.9. The highest BCUT2D eigenvalue weighted by atomic mass is 32.2. The van der Waals surface area contributed by atoms with E-state index in [1.54, 1.807) is 11.8 Å². The Balaban J connectivity index is 1.95. The number of ketones is 1. The molecule has 0 spiro atoms. The molecule has 1 aromatic heterocycles. The average Bonchev–Trinajstić information content (AvgIpc) is 2.89. The van der Waals surface area contributed by atoms with Crippen molar-refractivity contribution in [1.82, 2.24) is 9.36 Å². The first kappa shape index (κ1) is 12.6. The molecule has 88 valence electrons. The van der Waals surface area contributed by atoms with Gasteiger partial charge in [-0.3, -0.25) is 4.79 Å². The number of carbonyl (C=O) groups is 1. The Morgan fingerprint density at radius 3 is 2.71 bits per heavy atom. The van der Waals surface area contributed by atoms with E-state index in [9.17, 15) is 4.79 Å². The summed E-state index contributed by atoms with van der Waals surface area (Å²) in [5, 5.41) is 0. The Labute approximate surface area is 112 Å². The first-order chi connectivity index (χ1) is 8.29. The molecule has 0 aliphatic carbocycles. The normalized spacial score (nSPS) is 10.4. The number of nitrogens with zero attached hydrogens (tertiary/aromatic N) is 2. The molecule has 6 heteroatoms. The highest BCUT2D eigenvalue weighted by molar-refractivity contribution is 8.01. The van der Waals surface area contributed by atoms with Gasteiger partial charge in [0.05, 0.1) is 5.75 Å². The molecule has 0 N–H and O–H groups in total. The van der Waals surface area contributed by atoms with Crippen LogP contribution in [0.25, 0.3) is 0 Å². The van der Waals surface area contributed by atoms with Crippen molar-refractivity contribution in [1.29, 1.82) is 0 Å². The molecular formula is C11H10N2OS3. The van der Waals surface area contributed by atoms with Gasteiger partial charge < -0.3 is 0 Å². The summed E-state index contributed by atoms with van der Waals surface area (Å²) in [4.78, 5) is 17.1. The summed E-state index contributed by atoms with van der Waals surface area (Å²) in [5.41, 5.74) is 0.750. The molecule has 2 aromatic rings. The van der Waals surface area contributed by atoms with Gasteiger partial charge in [-0.05, 0) is 29.9 Å².